The van der Waals surface area contributed by atoms with Crippen molar-refractivity contribution in [3.63, 3.8) is 0 Å². The van der Waals surface area contributed by atoms with Crippen LogP contribution in [0.2, 0.25) is 0 Å². The summed E-state index contributed by atoms with van der Waals surface area (Å²) in [6.07, 6.45) is 56.7. The van der Waals surface area contributed by atoms with E-state index in [1.54, 1.807) is 21.1 Å². The number of esters is 2. The Morgan fingerprint density at radius 3 is 1.24 bits per heavy atom. The van der Waals surface area contributed by atoms with Crippen LogP contribution in [0.25, 0.3) is 0 Å². The number of nitrogens with zero attached hydrogens (tertiary/aromatic N) is 1. The van der Waals surface area contributed by atoms with Crippen LogP contribution in [0.15, 0.2) is 60.8 Å². The number of hydrogen-bond acceptors (Lipinski definition) is 7. The predicted octanol–water partition coefficient (Wildman–Crippen LogP) is 13.6. The highest BCUT2D eigenvalue weighted by Crippen LogP contribution is 2.15. The SMILES string of the molecule is CCCCC/C=C/C/C=C/C/C=C/CCCCCCCCCCCC(=O)OCC(COCCC(C(=O)[O-])[N+](C)(C)C)OC(=O)CCCCCCCCC/C=C/C/C=C/CCCCC. The van der Waals surface area contributed by atoms with Crippen LogP contribution in [0.3, 0.4) is 0 Å². The average molecular weight is 884 g/mol. The maximum absolute atomic E-state index is 12.8. The van der Waals surface area contributed by atoms with Crippen LogP contribution in [-0.4, -0.2) is 75.5 Å². The molecule has 0 aliphatic rings. The molecule has 0 N–H and O–H groups in total. The molecule has 0 fully saturated rings. The molecule has 0 spiro atoms. The number of rotatable bonds is 46. The molecule has 0 heterocycles. The Hall–Kier alpha value is -2.97. The molecular weight excluding hydrogens is 787 g/mol. The second kappa shape index (κ2) is 45.6. The third kappa shape index (κ3) is 44.0. The fourth-order valence-electron chi connectivity index (χ4n) is 7.34. The second-order valence-corrected chi connectivity index (χ2v) is 18.4. The van der Waals surface area contributed by atoms with Crippen LogP contribution >= 0.6 is 0 Å². The Morgan fingerprint density at radius 2 is 0.841 bits per heavy atom. The van der Waals surface area contributed by atoms with Crippen molar-refractivity contribution in [2.75, 3.05) is 41.0 Å². The van der Waals surface area contributed by atoms with Crippen molar-refractivity contribution in [2.24, 2.45) is 0 Å². The van der Waals surface area contributed by atoms with Crippen molar-refractivity contribution in [1.29, 1.82) is 0 Å². The number of aliphatic carboxylic acids is 1. The molecule has 63 heavy (non-hydrogen) atoms. The molecule has 364 valence electrons. The Kier molecular flexibility index (Phi) is 43.4. The summed E-state index contributed by atoms with van der Waals surface area (Å²) < 4.78 is 17.2. The lowest BCUT2D eigenvalue weighted by molar-refractivity contribution is -0.889. The number of quaternary nitrogens is 1. The van der Waals surface area contributed by atoms with Gasteiger partial charge in [0, 0.05) is 19.3 Å². The number of hydrogen-bond donors (Lipinski definition) is 0. The molecule has 0 bridgehead atoms. The van der Waals surface area contributed by atoms with Crippen molar-refractivity contribution in [3.8, 4) is 0 Å². The van der Waals surface area contributed by atoms with Crippen molar-refractivity contribution >= 4 is 17.9 Å². The second-order valence-electron chi connectivity index (χ2n) is 18.4. The number of carboxylic acids is 1. The number of carbonyl (C=O) groups excluding carboxylic acids is 3. The van der Waals surface area contributed by atoms with Gasteiger partial charge >= 0.3 is 11.9 Å². The summed E-state index contributed by atoms with van der Waals surface area (Å²) in [7, 11) is 5.41. The van der Waals surface area contributed by atoms with E-state index in [0.29, 0.717) is 12.8 Å². The van der Waals surface area contributed by atoms with Crippen molar-refractivity contribution in [1.82, 2.24) is 0 Å². The number of carboxylic acid groups (broad SMARTS) is 1. The molecule has 8 nitrogen and oxygen atoms in total. The molecule has 0 aromatic rings. The van der Waals surface area contributed by atoms with E-state index in [-0.39, 0.29) is 42.7 Å². The van der Waals surface area contributed by atoms with Gasteiger partial charge in [-0.2, -0.15) is 0 Å². The van der Waals surface area contributed by atoms with Gasteiger partial charge in [-0.15, -0.1) is 0 Å². The van der Waals surface area contributed by atoms with E-state index in [2.05, 4.69) is 74.6 Å². The lowest BCUT2D eigenvalue weighted by Gasteiger charge is -2.34. The minimum atomic E-state index is -1.13. The van der Waals surface area contributed by atoms with E-state index < -0.39 is 18.1 Å². The minimum absolute atomic E-state index is 0.0345. The first kappa shape index (κ1) is 60.0. The maximum Gasteiger partial charge on any atom is 0.306 e. The summed E-state index contributed by atoms with van der Waals surface area (Å²) in [5.74, 6) is -1.75. The highest BCUT2D eigenvalue weighted by molar-refractivity contribution is 5.70. The normalized spacial score (nSPS) is 13.3. The van der Waals surface area contributed by atoms with Gasteiger partial charge in [0.2, 0.25) is 0 Å². The summed E-state index contributed by atoms with van der Waals surface area (Å²) in [5, 5.41) is 11.7. The zero-order chi connectivity index (χ0) is 46.3. The van der Waals surface area contributed by atoms with Crippen LogP contribution in [0.5, 0.6) is 0 Å². The van der Waals surface area contributed by atoms with Gasteiger partial charge in [0.05, 0.1) is 40.3 Å². The summed E-state index contributed by atoms with van der Waals surface area (Å²) in [6, 6.07) is -0.730. The lowest BCUT2D eigenvalue weighted by atomic mass is 10.1. The summed E-state index contributed by atoms with van der Waals surface area (Å²) in [5.41, 5.74) is 0. The topological polar surface area (TPSA) is 102 Å². The standard InChI is InChI=1S/C55H97NO7/c1-6-8-10-12-14-16-18-20-22-24-25-26-27-28-30-31-33-35-37-39-41-43-45-53(57)62-50-51(49-61-48-47-52(55(59)60)56(3,4)5)63-54(58)46-44-42-40-38-36-34-32-29-23-21-19-17-15-13-11-9-7-2/h14-17,20-23,25-26,51-52H,6-13,18-19,24,27-50H2,1-5H3/b16-14+,17-15+,22-20+,23-21+,26-25+. The van der Waals surface area contributed by atoms with Gasteiger partial charge in [-0.3, -0.25) is 9.59 Å². The predicted molar refractivity (Wildman–Crippen MR) is 263 cm³/mol. The number of likely N-dealkylation sites (N-methyl/N-ethyl adjacent to an activating group) is 1. The van der Waals surface area contributed by atoms with Gasteiger partial charge in [-0.25, -0.2) is 0 Å². The molecule has 0 radical (unpaired) electrons. The molecule has 2 unspecified atom stereocenters. The van der Waals surface area contributed by atoms with Gasteiger partial charge in [-0.1, -0.05) is 177 Å². The van der Waals surface area contributed by atoms with Gasteiger partial charge in [0.1, 0.15) is 12.6 Å². The average Bonchev–Trinajstić information content (AvgIpc) is 3.24. The van der Waals surface area contributed by atoms with Crippen LogP contribution < -0.4 is 5.11 Å². The Bertz CT molecular complexity index is 1210. The molecule has 0 saturated heterocycles. The number of carbonyl (C=O) groups is 3. The van der Waals surface area contributed by atoms with Gasteiger partial charge in [-0.05, 0) is 83.5 Å². The zero-order valence-corrected chi connectivity index (χ0v) is 41.5. The quantitative estimate of drug-likeness (QED) is 0.0260. The van der Waals surface area contributed by atoms with Crippen molar-refractivity contribution < 1.29 is 38.2 Å². The molecular formula is C55H97NO7. The third-order valence-corrected chi connectivity index (χ3v) is 11.4. The van der Waals surface area contributed by atoms with Crippen LogP contribution in [-0.2, 0) is 28.6 Å². The molecule has 0 saturated carbocycles. The first-order valence-electron chi connectivity index (χ1n) is 25.8. The molecule has 0 amide bonds. The van der Waals surface area contributed by atoms with E-state index in [0.717, 1.165) is 70.6 Å². The molecule has 8 heteroatoms. The zero-order valence-electron chi connectivity index (χ0n) is 41.5. The molecule has 0 rings (SSSR count). The molecule has 2 atom stereocenters. The van der Waals surface area contributed by atoms with Gasteiger partial charge in [0.25, 0.3) is 0 Å². The highest BCUT2D eigenvalue weighted by atomic mass is 16.6. The Balaban J connectivity index is 4.26. The van der Waals surface area contributed by atoms with E-state index in [1.807, 2.05) is 0 Å². The minimum Gasteiger partial charge on any atom is -0.544 e. The summed E-state index contributed by atoms with van der Waals surface area (Å²) in [4.78, 5) is 37.0. The van der Waals surface area contributed by atoms with Crippen LogP contribution in [0.1, 0.15) is 219 Å². The lowest BCUT2D eigenvalue weighted by Crippen LogP contribution is -2.55. The maximum atomic E-state index is 12.8. The highest BCUT2D eigenvalue weighted by Gasteiger charge is 2.25. The molecule has 0 aromatic carbocycles. The molecule has 0 aromatic heterocycles. The van der Waals surface area contributed by atoms with Gasteiger partial charge < -0.3 is 28.6 Å². The van der Waals surface area contributed by atoms with E-state index >= 15 is 0 Å². The monoisotopic (exact) mass is 884 g/mol. The fraction of sp³-hybridized carbons (Fsp3) is 0.764. The first-order valence-corrected chi connectivity index (χ1v) is 25.8. The van der Waals surface area contributed by atoms with Crippen LogP contribution in [0, 0.1) is 0 Å². The van der Waals surface area contributed by atoms with Crippen LogP contribution in [0.4, 0.5) is 0 Å². The van der Waals surface area contributed by atoms with Gasteiger partial charge in [0.15, 0.2) is 6.10 Å². The summed E-state index contributed by atoms with van der Waals surface area (Å²) in [6.45, 7) is 4.61. The number of allylic oxidation sites excluding steroid dienone is 10. The molecule has 0 aliphatic heterocycles. The van der Waals surface area contributed by atoms with E-state index in [1.165, 1.54) is 116 Å². The van der Waals surface area contributed by atoms with Crippen molar-refractivity contribution in [2.45, 2.75) is 231 Å². The van der Waals surface area contributed by atoms with E-state index in [4.69, 9.17) is 14.2 Å². The Morgan fingerprint density at radius 1 is 0.476 bits per heavy atom. The summed E-state index contributed by atoms with van der Waals surface area (Å²) >= 11 is 0. The smallest absolute Gasteiger partial charge is 0.306 e. The largest absolute Gasteiger partial charge is 0.544 e. The Labute approximate surface area is 388 Å². The third-order valence-electron chi connectivity index (χ3n) is 11.4. The van der Waals surface area contributed by atoms with E-state index in [9.17, 15) is 19.5 Å². The fourth-order valence-corrected chi connectivity index (χ4v) is 7.34. The first-order chi connectivity index (χ1) is 30.6. The molecule has 0 aliphatic carbocycles. The number of ether oxygens (including phenoxy) is 3. The van der Waals surface area contributed by atoms with Crippen molar-refractivity contribution in [3.05, 3.63) is 60.8 Å². The number of unbranched alkanes of at least 4 members (excludes halogenated alkanes) is 22.